The van der Waals surface area contributed by atoms with Gasteiger partial charge in [0.15, 0.2) is 11.4 Å². The molecule has 0 atom stereocenters. The fourth-order valence-corrected chi connectivity index (χ4v) is 3.54. The summed E-state index contributed by atoms with van der Waals surface area (Å²) < 4.78 is 0. The van der Waals surface area contributed by atoms with E-state index < -0.39 is 0 Å². The Balaban J connectivity index is 0.000000234. The second-order valence-corrected chi connectivity index (χ2v) is 7.55. The van der Waals surface area contributed by atoms with Crippen molar-refractivity contribution in [3.05, 3.63) is 144 Å². The average Bonchev–Trinajstić information content (AvgIpc) is 2.94. The molecule has 0 bridgehead atoms. The maximum absolute atomic E-state index is 7.37. The molecule has 0 aliphatic heterocycles. The van der Waals surface area contributed by atoms with Crippen LogP contribution in [0.2, 0.25) is 0 Å². The minimum atomic E-state index is 0. The van der Waals surface area contributed by atoms with Gasteiger partial charge in [0.2, 0.25) is 0 Å². The first-order valence-electron chi connectivity index (χ1n) is 10.9. The van der Waals surface area contributed by atoms with E-state index in [9.17, 15) is 0 Å². The number of hydrogen-bond acceptors (Lipinski definition) is 2. The van der Waals surface area contributed by atoms with Gasteiger partial charge in [-0.3, -0.25) is 9.69 Å². The molecule has 3 aromatic carbocycles. The molecule has 4 nitrogen and oxygen atoms in total. The van der Waals surface area contributed by atoms with Gasteiger partial charge >= 0.3 is 0 Å². The Morgan fingerprint density at radius 2 is 1.53 bits per heavy atom. The summed E-state index contributed by atoms with van der Waals surface area (Å²) in [6, 6.07) is 35.2. The van der Waals surface area contributed by atoms with Gasteiger partial charge in [-0.1, -0.05) is 54.1 Å². The predicted octanol–water partition coefficient (Wildman–Crippen LogP) is 8.17. The molecule has 2 aromatic heterocycles. The molecule has 5 rings (SSSR count). The molecule has 0 fully saturated rings. The zero-order valence-electron chi connectivity index (χ0n) is 19.4. The average molecular weight is 641 g/mol. The van der Waals surface area contributed by atoms with E-state index in [1.54, 1.807) is 24.5 Å². The summed E-state index contributed by atoms with van der Waals surface area (Å²) in [5, 5.41) is 0. The van der Waals surface area contributed by atoms with E-state index in [2.05, 4.69) is 31.8 Å². The smallest absolute Gasteiger partial charge is 0.176 e. The van der Waals surface area contributed by atoms with Crippen LogP contribution in [0.5, 0.6) is 0 Å². The molecule has 2 heterocycles. The van der Waals surface area contributed by atoms with Crippen molar-refractivity contribution in [2.75, 3.05) is 0 Å². The van der Waals surface area contributed by atoms with Gasteiger partial charge in [-0.2, -0.15) is 6.07 Å². The molecule has 5 heteroatoms. The van der Waals surface area contributed by atoms with Crippen molar-refractivity contribution in [1.29, 1.82) is 0 Å². The molecule has 175 valence electrons. The van der Waals surface area contributed by atoms with Crippen molar-refractivity contribution in [3.8, 4) is 33.6 Å². The van der Waals surface area contributed by atoms with Crippen LogP contribution < -0.4 is 0 Å². The number of hydrogen-bond donors (Lipinski definition) is 0. The van der Waals surface area contributed by atoms with E-state index in [1.807, 2.05) is 85.8 Å². The summed E-state index contributed by atoms with van der Waals surface area (Å²) in [6.45, 7) is 16.6. The normalized spacial score (nSPS) is 9.53. The van der Waals surface area contributed by atoms with Gasteiger partial charge in [0.1, 0.15) is 0 Å². The Morgan fingerprint density at radius 1 is 0.750 bits per heavy atom. The summed E-state index contributed by atoms with van der Waals surface area (Å²) in [7, 11) is 0. The van der Waals surface area contributed by atoms with Crippen LogP contribution in [0.15, 0.2) is 103 Å². The van der Waals surface area contributed by atoms with Gasteiger partial charge < -0.3 is 9.97 Å². The van der Waals surface area contributed by atoms with E-state index >= 15 is 0 Å². The van der Waals surface area contributed by atoms with Crippen LogP contribution in [0.3, 0.4) is 0 Å². The monoisotopic (exact) mass is 641 g/mol. The van der Waals surface area contributed by atoms with Crippen LogP contribution in [-0.4, -0.2) is 9.97 Å². The first-order valence-corrected chi connectivity index (χ1v) is 10.9. The summed E-state index contributed by atoms with van der Waals surface area (Å²) in [5.41, 5.74) is 7.10. The molecule has 0 amide bonds. The third-order valence-electron chi connectivity index (χ3n) is 5.27. The van der Waals surface area contributed by atoms with E-state index in [1.165, 1.54) is 0 Å². The minimum Gasteiger partial charge on any atom is -0.305 e. The van der Waals surface area contributed by atoms with Crippen LogP contribution >= 0.6 is 0 Å². The number of aromatic nitrogens is 2. The second-order valence-electron chi connectivity index (χ2n) is 7.55. The van der Waals surface area contributed by atoms with Gasteiger partial charge in [0.05, 0.1) is 13.1 Å². The van der Waals surface area contributed by atoms with Crippen LogP contribution in [0.1, 0.15) is 5.56 Å². The van der Waals surface area contributed by atoms with Crippen molar-refractivity contribution >= 4 is 11.4 Å². The number of aryl methyl sites for hydroxylation is 1. The van der Waals surface area contributed by atoms with Crippen molar-refractivity contribution in [2.45, 2.75) is 6.92 Å². The maximum atomic E-state index is 7.37. The van der Waals surface area contributed by atoms with E-state index in [-0.39, 0.29) is 20.1 Å². The number of nitrogens with zero attached hydrogens (tertiary/aromatic N) is 4. The Hall–Kier alpha value is -4.41. The summed E-state index contributed by atoms with van der Waals surface area (Å²) in [5.74, 6) is 0. The van der Waals surface area contributed by atoms with Gasteiger partial charge in [-0.25, -0.2) is 0 Å². The Morgan fingerprint density at radius 3 is 2.19 bits per heavy atom. The van der Waals surface area contributed by atoms with Gasteiger partial charge in [0, 0.05) is 32.5 Å². The van der Waals surface area contributed by atoms with E-state index in [0.717, 1.165) is 27.9 Å². The fourth-order valence-electron chi connectivity index (χ4n) is 3.54. The van der Waals surface area contributed by atoms with Crippen LogP contribution in [-0.2, 0) is 20.1 Å². The minimum absolute atomic E-state index is 0. The topological polar surface area (TPSA) is 34.5 Å². The maximum Gasteiger partial charge on any atom is 0.176 e. The molecular weight excluding hydrogens is 621 g/mol. The SMILES string of the molecule is [C-]#[N+]c1cc[c-]c(-c2cc(-c3ccccc3)c(C)cn2)c1[N+]#[C-].[Ir].[c-]1ccccc1-c1ccccn1. The number of pyridine rings is 2. The molecular formula is C31H20IrN4-2. The van der Waals surface area contributed by atoms with Gasteiger partial charge in [-0.15, -0.1) is 48.0 Å². The van der Waals surface area contributed by atoms with Crippen LogP contribution in [0.25, 0.3) is 43.3 Å². The summed E-state index contributed by atoms with van der Waals surface area (Å²) >= 11 is 0. The first-order chi connectivity index (χ1) is 17.2. The molecule has 1 radical (unpaired) electrons. The summed E-state index contributed by atoms with van der Waals surface area (Å²) in [6.07, 6.45) is 3.58. The molecule has 0 aliphatic carbocycles. The largest absolute Gasteiger partial charge is 0.305 e. The zero-order valence-corrected chi connectivity index (χ0v) is 21.8. The van der Waals surface area contributed by atoms with Gasteiger partial charge in [-0.05, 0) is 41.1 Å². The zero-order chi connectivity index (χ0) is 24.5. The summed E-state index contributed by atoms with van der Waals surface area (Å²) in [4.78, 5) is 15.6. The van der Waals surface area contributed by atoms with Crippen LogP contribution in [0, 0.1) is 32.2 Å². The second kappa shape index (κ2) is 12.9. The quantitative estimate of drug-likeness (QED) is 0.187. The van der Waals surface area contributed by atoms with E-state index in [0.29, 0.717) is 22.6 Å². The van der Waals surface area contributed by atoms with E-state index in [4.69, 9.17) is 13.1 Å². The van der Waals surface area contributed by atoms with Crippen molar-refractivity contribution in [2.24, 2.45) is 0 Å². The Bertz CT molecular complexity index is 1470. The van der Waals surface area contributed by atoms with Crippen molar-refractivity contribution in [3.63, 3.8) is 0 Å². The predicted molar refractivity (Wildman–Crippen MR) is 140 cm³/mol. The molecule has 0 spiro atoms. The van der Waals surface area contributed by atoms with Crippen LogP contribution in [0.4, 0.5) is 11.4 Å². The van der Waals surface area contributed by atoms with Crippen molar-refractivity contribution < 1.29 is 20.1 Å². The third kappa shape index (κ3) is 6.17. The standard InChI is InChI=1S/C20H12N3.C11H8N.Ir/c1-14-13-23-19(12-17(14)15-8-5-4-6-9-15)16-10-7-11-18(21-2)20(16)22-3;1-2-6-10(7-3-1)11-8-4-5-9-12-11;/h4-9,11-13H,1H3;1-6,8-9H;/q2*-1;. The molecule has 0 N–H and O–H groups in total. The molecule has 0 saturated carbocycles. The molecule has 36 heavy (non-hydrogen) atoms. The molecule has 0 aliphatic rings. The molecule has 5 aromatic rings. The Kier molecular flexibility index (Phi) is 9.38. The third-order valence-corrected chi connectivity index (χ3v) is 5.27. The van der Waals surface area contributed by atoms with Crippen molar-refractivity contribution in [1.82, 2.24) is 9.97 Å². The first kappa shape index (κ1) is 26.2. The molecule has 0 saturated heterocycles. The fraction of sp³-hybridized carbons (Fsp3) is 0.0323. The number of rotatable bonds is 3. The number of benzene rings is 3. The van der Waals surface area contributed by atoms with Gasteiger partial charge in [0.25, 0.3) is 0 Å². The molecule has 0 unspecified atom stereocenters. The Labute approximate surface area is 225 Å².